The van der Waals surface area contributed by atoms with Crippen LogP contribution in [0.3, 0.4) is 0 Å². The largest absolute Gasteiger partial charge is 0.507 e. The molecular weight excluding hydrogens is 318 g/mol. The summed E-state index contributed by atoms with van der Waals surface area (Å²) in [5, 5.41) is 27.5. The minimum atomic E-state index is -0.503. The fourth-order valence-corrected chi connectivity index (χ4v) is 2.91. The zero-order chi connectivity index (χ0) is 17.4. The van der Waals surface area contributed by atoms with Crippen molar-refractivity contribution in [3.63, 3.8) is 0 Å². The molecule has 122 valence electrons. The number of rotatable bonds is 3. The van der Waals surface area contributed by atoms with Gasteiger partial charge in [-0.2, -0.15) is 5.10 Å². The molecule has 25 heavy (non-hydrogen) atoms. The highest BCUT2D eigenvalue weighted by Gasteiger charge is 2.11. The molecule has 0 aliphatic rings. The molecule has 1 N–H and O–H groups in total. The van der Waals surface area contributed by atoms with Crippen molar-refractivity contribution in [2.75, 3.05) is 0 Å². The number of phenols is 1. The molecule has 4 rings (SSSR count). The van der Waals surface area contributed by atoms with Crippen LogP contribution in [0.25, 0.3) is 21.8 Å². The highest BCUT2D eigenvalue weighted by Crippen LogP contribution is 2.29. The van der Waals surface area contributed by atoms with Gasteiger partial charge < -0.3 is 5.11 Å². The summed E-state index contributed by atoms with van der Waals surface area (Å²) < 4.78 is 1.77. The maximum Gasteiger partial charge on any atom is 0.270 e. The third kappa shape index (κ3) is 2.49. The summed E-state index contributed by atoms with van der Waals surface area (Å²) in [5.74, 6) is -0.0601. The summed E-state index contributed by atoms with van der Waals surface area (Å²) in [7, 11) is 0. The Bertz CT molecular complexity index is 1090. The Balaban J connectivity index is 1.90. The van der Waals surface area contributed by atoms with Gasteiger partial charge in [-0.15, -0.1) is 0 Å². The Morgan fingerprint density at radius 1 is 0.960 bits per heavy atom. The average molecular weight is 331 g/mol. The minimum absolute atomic E-state index is 0.0601. The number of phenolic OH excluding ortho intramolecular Hbond substituents is 1. The van der Waals surface area contributed by atoms with Gasteiger partial charge in [0.1, 0.15) is 5.75 Å². The van der Waals surface area contributed by atoms with Crippen molar-refractivity contribution < 1.29 is 10.0 Å². The van der Waals surface area contributed by atoms with Crippen LogP contribution in [0.5, 0.6) is 5.75 Å². The third-order valence-corrected chi connectivity index (χ3v) is 4.09. The topological polar surface area (TPSA) is 80.7 Å². The Morgan fingerprint density at radius 3 is 2.16 bits per heavy atom. The van der Waals surface area contributed by atoms with E-state index in [-0.39, 0.29) is 17.0 Å². The molecule has 0 radical (unpaired) electrons. The highest BCUT2D eigenvalue weighted by molar-refractivity contribution is 6.08. The molecule has 0 spiro atoms. The van der Waals surface area contributed by atoms with E-state index in [0.29, 0.717) is 0 Å². The van der Waals surface area contributed by atoms with E-state index in [1.165, 1.54) is 24.4 Å². The molecule has 0 unspecified atom stereocenters. The summed E-state index contributed by atoms with van der Waals surface area (Å²) >= 11 is 0. The highest BCUT2D eigenvalue weighted by atomic mass is 16.6. The first-order valence-corrected chi connectivity index (χ1v) is 7.65. The fraction of sp³-hybridized carbons (Fsp3) is 0. The van der Waals surface area contributed by atoms with Crippen LogP contribution in [0.2, 0.25) is 0 Å². The molecule has 0 bridgehead atoms. The standard InChI is InChI=1S/C19H13N3O3/c23-19-10-9-14(22(24)25)11-13(19)12-20-21-17-7-3-1-5-15(17)16-6-2-4-8-18(16)21/h1-12,23H/b20-12-. The van der Waals surface area contributed by atoms with Crippen molar-refractivity contribution in [3.8, 4) is 5.75 Å². The second kappa shape index (κ2) is 5.76. The average Bonchev–Trinajstić information content (AvgIpc) is 2.95. The molecule has 3 aromatic carbocycles. The Hall–Kier alpha value is -3.67. The predicted octanol–water partition coefficient (Wildman–Crippen LogP) is 4.29. The number of nitro benzene ring substituents is 1. The number of para-hydroxylation sites is 2. The first-order valence-electron chi connectivity index (χ1n) is 7.65. The molecule has 0 fully saturated rings. The van der Waals surface area contributed by atoms with Gasteiger partial charge in [0, 0.05) is 28.5 Å². The van der Waals surface area contributed by atoms with E-state index < -0.39 is 4.92 Å². The van der Waals surface area contributed by atoms with E-state index >= 15 is 0 Å². The molecular formula is C19H13N3O3. The van der Waals surface area contributed by atoms with Gasteiger partial charge in [-0.25, -0.2) is 4.68 Å². The van der Waals surface area contributed by atoms with Crippen molar-refractivity contribution >= 4 is 33.7 Å². The number of nitro groups is 1. The van der Waals surface area contributed by atoms with Crippen LogP contribution in [0.15, 0.2) is 71.8 Å². The minimum Gasteiger partial charge on any atom is -0.507 e. The molecule has 6 nitrogen and oxygen atoms in total. The molecule has 0 saturated heterocycles. The number of benzene rings is 3. The maximum absolute atomic E-state index is 10.9. The number of non-ortho nitro benzene ring substituents is 1. The second-order valence-corrected chi connectivity index (χ2v) is 5.59. The first-order chi connectivity index (χ1) is 12.1. The van der Waals surface area contributed by atoms with E-state index in [9.17, 15) is 15.2 Å². The van der Waals surface area contributed by atoms with Crippen LogP contribution in [0.4, 0.5) is 5.69 Å². The van der Waals surface area contributed by atoms with Crippen molar-refractivity contribution in [2.24, 2.45) is 5.10 Å². The second-order valence-electron chi connectivity index (χ2n) is 5.59. The molecule has 0 atom stereocenters. The van der Waals surface area contributed by atoms with Crippen LogP contribution in [-0.4, -0.2) is 20.9 Å². The summed E-state index contributed by atoms with van der Waals surface area (Å²) in [6.07, 6.45) is 1.43. The van der Waals surface area contributed by atoms with E-state index in [4.69, 9.17) is 0 Å². The van der Waals surface area contributed by atoms with E-state index in [1.807, 2.05) is 48.5 Å². The van der Waals surface area contributed by atoms with Crippen LogP contribution in [0.1, 0.15) is 5.56 Å². The lowest BCUT2D eigenvalue weighted by Gasteiger charge is -2.01. The molecule has 0 aliphatic carbocycles. The van der Waals surface area contributed by atoms with Crippen molar-refractivity contribution in [1.29, 1.82) is 0 Å². The number of hydrogen-bond donors (Lipinski definition) is 1. The number of aromatic hydroxyl groups is 1. The van der Waals surface area contributed by atoms with Crippen LogP contribution in [-0.2, 0) is 0 Å². The zero-order valence-corrected chi connectivity index (χ0v) is 13.0. The van der Waals surface area contributed by atoms with Gasteiger partial charge in [0.25, 0.3) is 5.69 Å². The van der Waals surface area contributed by atoms with Gasteiger partial charge >= 0.3 is 0 Å². The lowest BCUT2D eigenvalue weighted by Crippen LogP contribution is -1.93. The lowest BCUT2D eigenvalue weighted by atomic mass is 10.2. The van der Waals surface area contributed by atoms with E-state index in [2.05, 4.69) is 5.10 Å². The summed E-state index contributed by atoms with van der Waals surface area (Å²) in [6.45, 7) is 0. The van der Waals surface area contributed by atoms with E-state index in [0.717, 1.165) is 21.8 Å². The van der Waals surface area contributed by atoms with Gasteiger partial charge in [-0.05, 0) is 18.2 Å². The Kier molecular flexibility index (Phi) is 3.43. The summed E-state index contributed by atoms with van der Waals surface area (Å²) in [4.78, 5) is 10.4. The molecule has 1 heterocycles. The van der Waals surface area contributed by atoms with E-state index in [1.54, 1.807) is 4.68 Å². The molecule has 6 heteroatoms. The number of nitrogens with zero attached hydrogens (tertiary/aromatic N) is 3. The van der Waals surface area contributed by atoms with Gasteiger partial charge in [-0.3, -0.25) is 10.1 Å². The Morgan fingerprint density at radius 2 is 1.56 bits per heavy atom. The zero-order valence-electron chi connectivity index (χ0n) is 13.0. The normalized spacial score (nSPS) is 11.5. The van der Waals surface area contributed by atoms with Crippen molar-refractivity contribution in [2.45, 2.75) is 0 Å². The molecule has 4 aromatic rings. The number of fused-ring (bicyclic) bond motifs is 3. The molecule has 0 amide bonds. The quantitative estimate of drug-likeness (QED) is 0.345. The fourth-order valence-electron chi connectivity index (χ4n) is 2.91. The number of hydrogen-bond acceptors (Lipinski definition) is 4. The van der Waals surface area contributed by atoms with Gasteiger partial charge in [0.2, 0.25) is 0 Å². The molecule has 1 aromatic heterocycles. The summed E-state index contributed by atoms with van der Waals surface area (Å²) in [5.41, 5.74) is 2.03. The molecule has 0 aliphatic heterocycles. The first kappa shape index (κ1) is 14.9. The predicted molar refractivity (Wildman–Crippen MR) is 97.2 cm³/mol. The van der Waals surface area contributed by atoms with Crippen LogP contribution >= 0.6 is 0 Å². The number of aromatic nitrogens is 1. The monoisotopic (exact) mass is 331 g/mol. The lowest BCUT2D eigenvalue weighted by molar-refractivity contribution is -0.384. The van der Waals surface area contributed by atoms with Crippen LogP contribution < -0.4 is 0 Å². The SMILES string of the molecule is O=[N+]([O-])c1ccc(O)c(/C=N\n2c3ccccc3c3ccccc32)c1. The summed E-state index contributed by atoms with van der Waals surface area (Å²) in [6, 6.07) is 19.6. The van der Waals surface area contributed by atoms with Gasteiger partial charge in [-0.1, -0.05) is 36.4 Å². The molecule has 0 saturated carbocycles. The van der Waals surface area contributed by atoms with Crippen LogP contribution in [0, 0.1) is 10.1 Å². The van der Waals surface area contributed by atoms with Gasteiger partial charge in [0.05, 0.1) is 22.2 Å². The van der Waals surface area contributed by atoms with Gasteiger partial charge in [0.15, 0.2) is 0 Å². The van der Waals surface area contributed by atoms with Crippen molar-refractivity contribution in [1.82, 2.24) is 4.68 Å². The van der Waals surface area contributed by atoms with Crippen molar-refractivity contribution in [3.05, 3.63) is 82.4 Å². The maximum atomic E-state index is 10.9. The Labute approximate surface area is 142 Å². The smallest absolute Gasteiger partial charge is 0.270 e. The third-order valence-electron chi connectivity index (χ3n) is 4.09.